The number of aromatic nitrogens is 2. The summed E-state index contributed by atoms with van der Waals surface area (Å²) >= 11 is 0. The Morgan fingerprint density at radius 1 is 0.987 bits per heavy atom. The highest BCUT2D eigenvalue weighted by Gasteiger charge is 2.54. The maximum atomic E-state index is 14.6. The lowest BCUT2D eigenvalue weighted by atomic mass is 9.84. The first kappa shape index (κ1) is 59.7. The molecule has 3 aromatic rings. The number of amides is 5. The summed E-state index contributed by atoms with van der Waals surface area (Å²) in [5.74, 6) is -7.41. The first-order valence-electron chi connectivity index (χ1n) is 24.2. The van der Waals surface area contributed by atoms with Crippen molar-refractivity contribution < 1.29 is 89.7 Å². The van der Waals surface area contributed by atoms with Crippen LogP contribution < -0.4 is 25.7 Å². The fraction of sp³-hybridized carbons (Fsp3) is 0.510. The number of rotatable bonds is 18. The topological polar surface area (TPSA) is 323 Å². The Kier molecular flexibility index (Phi) is 18.4. The lowest BCUT2D eigenvalue weighted by Crippen LogP contribution is -2.52. The number of esters is 2. The zero-order chi connectivity index (χ0) is 57.7. The standard InChI is InChI=1S/C49H61F2N8O18P/c1-27-19-49(77-55-27)15-14-28(2)58-23-35(49)59-22-32(42(63)53-20-29-12-13-31(50)17-33(29)51)39(62)40(38(59)43(58)64)71-25-72-45(66)56(9)41-30(11-10-16-52-41)21-57(46(67)73-26-74-78(68,69)70)24-36(60)54-34(44(65)76-48(6,7)8)18-37(61)75-47(3,4)5/h10-13,16-17,22,28,34-35H,14-15,18-21,23-26H2,1-9H3,(H,53,63)(H,54,60)(H2,68,69,70)/t28-,34-,35?,49-/m0/s1. The molecule has 5 amide bonds. The third-order valence-corrected chi connectivity index (χ3v) is 12.6. The SMILES string of the molecule is CC1=NO[C@@]2(CC[C@H](C)N3CC2n2cc(C(=O)NCc4ccc(F)cc4F)c(=O)c(OCOC(=O)N(C)c4ncccc4CN(CC(=O)N[C@@H](CC(=O)OC(C)(C)C)C(=O)OC(C)(C)C)C(=O)OCOP(=O)(O)O)c2C3=O)C1. The number of oxime groups is 1. The summed E-state index contributed by atoms with van der Waals surface area (Å²) in [6.07, 6.45) is 0.319. The van der Waals surface area contributed by atoms with Gasteiger partial charge in [-0.25, -0.2) is 37.2 Å². The molecule has 1 aromatic carbocycles. The summed E-state index contributed by atoms with van der Waals surface area (Å²) in [6, 6.07) is 2.72. The number of benzene rings is 1. The van der Waals surface area contributed by atoms with Crippen LogP contribution in [0.25, 0.3) is 0 Å². The molecule has 5 heterocycles. The fourth-order valence-electron chi connectivity index (χ4n) is 8.68. The van der Waals surface area contributed by atoms with Crippen molar-refractivity contribution in [2.24, 2.45) is 5.16 Å². The number of anilines is 1. The summed E-state index contributed by atoms with van der Waals surface area (Å²) in [7, 11) is -3.99. The Labute approximate surface area is 445 Å². The van der Waals surface area contributed by atoms with Gasteiger partial charge in [0.25, 0.3) is 11.8 Å². The van der Waals surface area contributed by atoms with Gasteiger partial charge in [-0.3, -0.25) is 33.8 Å². The number of ether oxygens (including phenoxy) is 5. The van der Waals surface area contributed by atoms with E-state index in [1.165, 1.54) is 41.0 Å². The fourth-order valence-corrected chi connectivity index (χ4v) is 8.87. The van der Waals surface area contributed by atoms with E-state index in [1.807, 2.05) is 6.92 Å². The minimum atomic E-state index is -5.17. The van der Waals surface area contributed by atoms with Crippen LogP contribution in [0.5, 0.6) is 5.75 Å². The number of hydrogen-bond donors (Lipinski definition) is 4. The summed E-state index contributed by atoms with van der Waals surface area (Å²) in [6.45, 7) is 8.59. The third-order valence-electron chi connectivity index (χ3n) is 12.1. The molecule has 0 radical (unpaired) electrons. The second-order valence-electron chi connectivity index (χ2n) is 20.6. The third kappa shape index (κ3) is 15.1. The zero-order valence-electron chi connectivity index (χ0n) is 44.2. The average molecular weight is 1120 g/mol. The molecule has 3 aliphatic heterocycles. The Hall–Kier alpha value is -7.55. The van der Waals surface area contributed by atoms with Crippen molar-refractivity contribution in [1.82, 2.24) is 30.0 Å². The maximum Gasteiger partial charge on any atom is 0.472 e. The molecule has 1 saturated heterocycles. The molecule has 2 bridgehead atoms. The van der Waals surface area contributed by atoms with Crippen LogP contribution in [0.4, 0.5) is 24.2 Å². The van der Waals surface area contributed by atoms with Crippen LogP contribution >= 0.6 is 7.82 Å². The highest BCUT2D eigenvalue weighted by Crippen LogP contribution is 2.46. The zero-order valence-corrected chi connectivity index (χ0v) is 45.1. The van der Waals surface area contributed by atoms with Gasteiger partial charge in [0.1, 0.15) is 46.8 Å². The molecule has 4 atom stereocenters. The molecule has 1 unspecified atom stereocenters. The Morgan fingerprint density at radius 2 is 1.68 bits per heavy atom. The number of fused-ring (bicyclic) bond motifs is 5. The Balaban J connectivity index is 1.26. The van der Waals surface area contributed by atoms with Crippen LogP contribution in [0.1, 0.15) is 119 Å². The number of phosphoric acid groups is 1. The number of carbonyl (C=O) groups is 7. The van der Waals surface area contributed by atoms with E-state index < -0.39 is 147 Å². The van der Waals surface area contributed by atoms with Crippen molar-refractivity contribution in [3.8, 4) is 5.75 Å². The highest BCUT2D eigenvalue weighted by molar-refractivity contribution is 7.46. The van der Waals surface area contributed by atoms with Gasteiger partial charge in [0, 0.05) is 62.2 Å². The Morgan fingerprint density at radius 3 is 2.32 bits per heavy atom. The molecule has 2 aromatic heterocycles. The molecular formula is C49H61F2N8O18P. The molecule has 4 N–H and O–H groups in total. The van der Waals surface area contributed by atoms with Crippen molar-refractivity contribution in [2.75, 3.05) is 38.6 Å². The monoisotopic (exact) mass is 1120 g/mol. The minimum Gasteiger partial charge on any atom is -0.460 e. The number of nitrogens with zero attached hydrogens (tertiary/aromatic N) is 6. The molecule has 6 rings (SSSR count). The summed E-state index contributed by atoms with van der Waals surface area (Å²) in [5, 5.41) is 9.00. The van der Waals surface area contributed by atoms with E-state index in [-0.39, 0.29) is 35.2 Å². The molecule has 78 heavy (non-hydrogen) atoms. The van der Waals surface area contributed by atoms with Gasteiger partial charge in [-0.15, -0.1) is 0 Å². The normalized spacial score (nSPS) is 18.3. The number of carbonyl (C=O) groups excluding carboxylic acids is 7. The van der Waals surface area contributed by atoms with Crippen LogP contribution in [-0.2, 0) is 60.3 Å². The van der Waals surface area contributed by atoms with Crippen molar-refractivity contribution in [3.05, 3.63) is 87.0 Å². The second-order valence-corrected chi connectivity index (χ2v) is 21.8. The number of halogens is 2. The van der Waals surface area contributed by atoms with E-state index in [9.17, 15) is 61.5 Å². The van der Waals surface area contributed by atoms with Crippen LogP contribution in [0.3, 0.4) is 0 Å². The summed E-state index contributed by atoms with van der Waals surface area (Å²) < 4.78 is 72.2. The summed E-state index contributed by atoms with van der Waals surface area (Å²) in [5.41, 5.74) is -4.51. The van der Waals surface area contributed by atoms with E-state index in [2.05, 4.69) is 25.3 Å². The van der Waals surface area contributed by atoms with Crippen molar-refractivity contribution in [2.45, 2.75) is 129 Å². The predicted molar refractivity (Wildman–Crippen MR) is 266 cm³/mol. The Bertz CT molecular complexity index is 2980. The lowest BCUT2D eigenvalue weighted by molar-refractivity contribution is -0.165. The minimum absolute atomic E-state index is 0.00108. The number of nitrogens with one attached hydrogen (secondary N) is 2. The maximum absolute atomic E-state index is 14.6. The van der Waals surface area contributed by atoms with Crippen molar-refractivity contribution >= 4 is 61.2 Å². The van der Waals surface area contributed by atoms with Gasteiger partial charge < -0.3 is 58.4 Å². The van der Waals surface area contributed by atoms with Gasteiger partial charge in [-0.1, -0.05) is 17.3 Å². The smallest absolute Gasteiger partial charge is 0.460 e. The molecule has 424 valence electrons. The molecule has 0 saturated carbocycles. The van der Waals surface area contributed by atoms with E-state index >= 15 is 0 Å². The quantitative estimate of drug-likeness (QED) is 0.0596. The highest BCUT2D eigenvalue weighted by atomic mass is 31.2. The van der Waals surface area contributed by atoms with Gasteiger partial charge in [0.15, 0.2) is 11.3 Å². The van der Waals surface area contributed by atoms with E-state index in [0.29, 0.717) is 35.9 Å². The first-order chi connectivity index (χ1) is 36.3. The largest absolute Gasteiger partial charge is 0.472 e. The molecule has 29 heteroatoms. The van der Waals surface area contributed by atoms with Gasteiger partial charge in [0.2, 0.25) is 30.7 Å². The van der Waals surface area contributed by atoms with Crippen molar-refractivity contribution in [1.29, 1.82) is 0 Å². The van der Waals surface area contributed by atoms with Crippen LogP contribution in [0.2, 0.25) is 0 Å². The molecular weight excluding hydrogens is 1060 g/mol. The molecule has 3 aliphatic rings. The molecule has 0 aliphatic carbocycles. The second kappa shape index (κ2) is 24.0. The van der Waals surface area contributed by atoms with Gasteiger partial charge in [-0.2, -0.15) is 0 Å². The molecule has 1 fully saturated rings. The van der Waals surface area contributed by atoms with Crippen LogP contribution in [0, 0.1) is 11.6 Å². The van der Waals surface area contributed by atoms with E-state index in [4.69, 9.17) is 28.5 Å². The van der Waals surface area contributed by atoms with Gasteiger partial charge >= 0.3 is 31.9 Å². The lowest BCUT2D eigenvalue weighted by Gasteiger charge is -2.42. The number of phosphoric ester groups is 1. The summed E-state index contributed by atoms with van der Waals surface area (Å²) in [4.78, 5) is 141. The molecule has 1 spiro atoms. The number of pyridine rings is 2. The van der Waals surface area contributed by atoms with Crippen LogP contribution in [0.15, 0.2) is 52.7 Å². The van der Waals surface area contributed by atoms with Gasteiger partial charge in [-0.05, 0) is 80.4 Å². The number of hydrogen-bond acceptors (Lipinski definition) is 18. The average Bonchev–Trinajstić information content (AvgIpc) is 3.88. The van der Waals surface area contributed by atoms with Gasteiger partial charge in [0.05, 0.1) is 24.7 Å². The van der Waals surface area contributed by atoms with E-state index in [0.717, 1.165) is 17.0 Å². The van der Waals surface area contributed by atoms with Crippen LogP contribution in [-0.4, -0.2) is 139 Å². The van der Waals surface area contributed by atoms with E-state index in [1.54, 1.807) is 48.5 Å². The van der Waals surface area contributed by atoms with Crippen molar-refractivity contribution in [3.63, 3.8) is 0 Å². The molecule has 26 nitrogen and oxygen atoms in total. The first-order valence-corrected chi connectivity index (χ1v) is 25.7. The predicted octanol–water partition coefficient (Wildman–Crippen LogP) is 4.34.